The van der Waals surface area contributed by atoms with Crippen LogP contribution in [-0.4, -0.2) is 5.11 Å². The van der Waals surface area contributed by atoms with Gasteiger partial charge in [-0.3, -0.25) is 0 Å². The molecular formula is C11H15ClINO. The van der Waals surface area contributed by atoms with E-state index in [9.17, 15) is 5.11 Å². The number of hydrogen-bond acceptors (Lipinski definition) is 2. The molecule has 0 saturated carbocycles. The van der Waals surface area contributed by atoms with E-state index >= 15 is 0 Å². The maximum Gasteiger partial charge on any atom is 0.133 e. The Labute approximate surface area is 110 Å². The molecule has 0 radical (unpaired) electrons. The predicted molar refractivity (Wildman–Crippen MR) is 72.6 cm³/mol. The van der Waals surface area contributed by atoms with E-state index in [-0.39, 0.29) is 12.4 Å². The number of phenolic OH excluding ortho intramolecular Hbond substituents is 1. The van der Waals surface area contributed by atoms with Gasteiger partial charge in [0, 0.05) is 12.1 Å². The van der Waals surface area contributed by atoms with E-state index in [2.05, 4.69) is 28.7 Å². The molecule has 1 aliphatic carbocycles. The Hall–Kier alpha value is -0.000000000000000111. The van der Waals surface area contributed by atoms with E-state index in [1.807, 2.05) is 0 Å². The Morgan fingerprint density at radius 2 is 2.00 bits per heavy atom. The van der Waals surface area contributed by atoms with Crippen LogP contribution in [0.25, 0.3) is 0 Å². The first-order chi connectivity index (χ1) is 6.74. The minimum Gasteiger partial charge on any atom is -0.506 e. The highest BCUT2D eigenvalue weighted by Crippen LogP contribution is 2.34. The monoisotopic (exact) mass is 339 g/mol. The van der Waals surface area contributed by atoms with Crippen LogP contribution in [0.2, 0.25) is 0 Å². The van der Waals surface area contributed by atoms with E-state index in [0.717, 1.165) is 22.0 Å². The third-order valence-electron chi connectivity index (χ3n) is 2.89. The van der Waals surface area contributed by atoms with Gasteiger partial charge in [0.15, 0.2) is 0 Å². The summed E-state index contributed by atoms with van der Waals surface area (Å²) in [6, 6.07) is 2.10. The molecule has 0 atom stereocenters. The van der Waals surface area contributed by atoms with Gasteiger partial charge < -0.3 is 10.8 Å². The number of fused-ring (bicyclic) bond motifs is 1. The molecule has 2 nitrogen and oxygen atoms in total. The third kappa shape index (κ3) is 2.40. The smallest absolute Gasteiger partial charge is 0.133 e. The minimum atomic E-state index is 0. The van der Waals surface area contributed by atoms with Crippen LogP contribution in [0.3, 0.4) is 0 Å². The average molecular weight is 340 g/mol. The van der Waals surface area contributed by atoms with Gasteiger partial charge in [0.2, 0.25) is 0 Å². The van der Waals surface area contributed by atoms with Crippen molar-refractivity contribution in [2.45, 2.75) is 32.2 Å². The van der Waals surface area contributed by atoms with Crippen molar-refractivity contribution in [3.63, 3.8) is 0 Å². The standard InChI is InChI=1S/C11H14INO.ClH/c12-10-5-7-3-1-2-4-8(7)9(6-13)11(10)14;/h5,14H,1-4,6,13H2;1H. The minimum absolute atomic E-state index is 0. The van der Waals surface area contributed by atoms with Gasteiger partial charge in [0.05, 0.1) is 3.57 Å². The lowest BCUT2D eigenvalue weighted by Gasteiger charge is -2.20. The number of halogens is 2. The summed E-state index contributed by atoms with van der Waals surface area (Å²) in [5, 5.41) is 9.87. The highest BCUT2D eigenvalue weighted by molar-refractivity contribution is 14.1. The van der Waals surface area contributed by atoms with E-state index in [1.165, 1.54) is 24.0 Å². The molecule has 1 aromatic carbocycles. The molecule has 0 bridgehead atoms. The highest BCUT2D eigenvalue weighted by Gasteiger charge is 2.17. The van der Waals surface area contributed by atoms with Crippen LogP contribution in [0.15, 0.2) is 6.07 Å². The molecule has 1 aromatic rings. The normalized spacial score (nSPS) is 14.3. The summed E-state index contributed by atoms with van der Waals surface area (Å²) in [5.41, 5.74) is 9.34. The molecule has 84 valence electrons. The Morgan fingerprint density at radius 3 is 2.67 bits per heavy atom. The van der Waals surface area contributed by atoms with Crippen molar-refractivity contribution in [2.24, 2.45) is 5.73 Å². The summed E-state index contributed by atoms with van der Waals surface area (Å²) in [6.07, 6.45) is 4.70. The van der Waals surface area contributed by atoms with Gasteiger partial charge in [-0.15, -0.1) is 12.4 Å². The summed E-state index contributed by atoms with van der Waals surface area (Å²) in [6.45, 7) is 0.449. The van der Waals surface area contributed by atoms with Crippen LogP contribution >= 0.6 is 35.0 Å². The summed E-state index contributed by atoms with van der Waals surface area (Å²) in [4.78, 5) is 0. The molecule has 4 heteroatoms. The molecule has 0 aromatic heterocycles. The molecule has 0 unspecified atom stereocenters. The second-order valence-electron chi connectivity index (χ2n) is 3.73. The van der Waals surface area contributed by atoms with E-state index in [0.29, 0.717) is 12.3 Å². The summed E-state index contributed by atoms with van der Waals surface area (Å²) >= 11 is 2.17. The van der Waals surface area contributed by atoms with Gasteiger partial charge in [-0.1, -0.05) is 0 Å². The van der Waals surface area contributed by atoms with Crippen LogP contribution in [0, 0.1) is 3.57 Å². The number of hydrogen-bond donors (Lipinski definition) is 2. The first kappa shape index (κ1) is 13.1. The number of phenols is 1. The molecule has 0 saturated heterocycles. The fraction of sp³-hybridized carbons (Fsp3) is 0.455. The molecule has 3 N–H and O–H groups in total. The largest absolute Gasteiger partial charge is 0.506 e. The Morgan fingerprint density at radius 1 is 1.33 bits per heavy atom. The number of rotatable bonds is 1. The van der Waals surface area contributed by atoms with Crippen LogP contribution in [0.4, 0.5) is 0 Å². The molecule has 1 aliphatic rings. The first-order valence-electron chi connectivity index (χ1n) is 4.96. The first-order valence-corrected chi connectivity index (χ1v) is 6.04. The molecular weight excluding hydrogens is 324 g/mol. The van der Waals surface area contributed by atoms with Crippen molar-refractivity contribution in [2.75, 3.05) is 0 Å². The van der Waals surface area contributed by atoms with Crippen molar-refractivity contribution in [3.05, 3.63) is 26.3 Å². The molecule has 0 fully saturated rings. The van der Waals surface area contributed by atoms with E-state index < -0.39 is 0 Å². The van der Waals surface area contributed by atoms with Crippen LogP contribution in [-0.2, 0) is 19.4 Å². The van der Waals surface area contributed by atoms with Gasteiger partial charge >= 0.3 is 0 Å². The zero-order valence-electron chi connectivity index (χ0n) is 8.42. The topological polar surface area (TPSA) is 46.2 Å². The number of aromatic hydroxyl groups is 1. The SMILES string of the molecule is Cl.NCc1c(O)c(I)cc2c1CCCC2. The second-order valence-corrected chi connectivity index (χ2v) is 4.90. The fourth-order valence-electron chi connectivity index (χ4n) is 2.16. The Kier molecular flexibility index (Phi) is 4.67. The van der Waals surface area contributed by atoms with Crippen LogP contribution in [0.5, 0.6) is 5.75 Å². The quantitative estimate of drug-likeness (QED) is 0.773. The molecule has 0 spiro atoms. The van der Waals surface area contributed by atoms with Crippen LogP contribution in [0.1, 0.15) is 29.5 Å². The predicted octanol–water partition coefficient (Wildman–Crippen LogP) is 2.76. The lowest BCUT2D eigenvalue weighted by atomic mass is 9.88. The molecule has 0 aliphatic heterocycles. The summed E-state index contributed by atoms with van der Waals surface area (Å²) in [7, 11) is 0. The maximum atomic E-state index is 9.87. The third-order valence-corrected chi connectivity index (χ3v) is 3.71. The fourth-order valence-corrected chi connectivity index (χ4v) is 2.86. The summed E-state index contributed by atoms with van der Waals surface area (Å²) in [5.74, 6) is 0.397. The van der Waals surface area contributed by atoms with Crippen molar-refractivity contribution >= 4 is 35.0 Å². The molecule has 0 amide bonds. The number of nitrogens with two attached hydrogens (primary N) is 1. The number of benzene rings is 1. The highest BCUT2D eigenvalue weighted by atomic mass is 127. The zero-order valence-corrected chi connectivity index (χ0v) is 11.4. The molecule has 2 rings (SSSR count). The van der Waals surface area contributed by atoms with Crippen molar-refractivity contribution in [1.29, 1.82) is 0 Å². The average Bonchev–Trinajstić information content (AvgIpc) is 2.20. The zero-order chi connectivity index (χ0) is 10.1. The van der Waals surface area contributed by atoms with Crippen molar-refractivity contribution in [3.8, 4) is 5.75 Å². The van der Waals surface area contributed by atoms with E-state index in [4.69, 9.17) is 5.73 Å². The second kappa shape index (κ2) is 5.37. The lowest BCUT2D eigenvalue weighted by Crippen LogP contribution is -2.10. The molecule has 0 heterocycles. The van der Waals surface area contributed by atoms with Gasteiger partial charge in [0.25, 0.3) is 0 Å². The van der Waals surface area contributed by atoms with E-state index in [1.54, 1.807) is 0 Å². The van der Waals surface area contributed by atoms with Gasteiger partial charge in [-0.25, -0.2) is 0 Å². The van der Waals surface area contributed by atoms with Gasteiger partial charge in [0.1, 0.15) is 5.75 Å². The Balaban J connectivity index is 0.00000112. The number of aryl methyl sites for hydroxylation is 1. The summed E-state index contributed by atoms with van der Waals surface area (Å²) < 4.78 is 0.934. The lowest BCUT2D eigenvalue weighted by molar-refractivity contribution is 0.461. The van der Waals surface area contributed by atoms with Gasteiger partial charge in [-0.2, -0.15) is 0 Å². The van der Waals surface area contributed by atoms with Crippen LogP contribution < -0.4 is 5.73 Å². The maximum absolute atomic E-state index is 9.87. The van der Waals surface area contributed by atoms with Crippen molar-refractivity contribution < 1.29 is 5.11 Å². The molecule has 15 heavy (non-hydrogen) atoms. The van der Waals surface area contributed by atoms with Gasteiger partial charge in [-0.05, 0) is 65.5 Å². The Bertz CT molecular complexity index is 368. The van der Waals surface area contributed by atoms with Crippen molar-refractivity contribution in [1.82, 2.24) is 0 Å².